The maximum Gasteiger partial charge on any atom is 0.320 e. The molecule has 0 aliphatic rings. The lowest BCUT2D eigenvalue weighted by molar-refractivity contribution is 0.249. The summed E-state index contributed by atoms with van der Waals surface area (Å²) in [7, 11) is 1.52. The molecule has 136 valence electrons. The first-order chi connectivity index (χ1) is 12.6. The van der Waals surface area contributed by atoms with E-state index in [1.165, 1.54) is 7.11 Å². The maximum absolute atomic E-state index is 12.3. The van der Waals surface area contributed by atoms with E-state index in [2.05, 4.69) is 25.8 Å². The fourth-order valence-electron chi connectivity index (χ4n) is 2.76. The largest absolute Gasteiger partial charge is 0.479 e. The molecule has 0 bridgehead atoms. The molecule has 2 heterocycles. The van der Waals surface area contributed by atoms with Crippen molar-refractivity contribution in [2.45, 2.75) is 19.4 Å². The van der Waals surface area contributed by atoms with Gasteiger partial charge in [-0.3, -0.25) is 10.4 Å². The zero-order valence-electron chi connectivity index (χ0n) is 14.6. The quantitative estimate of drug-likeness (QED) is 0.542. The van der Waals surface area contributed by atoms with Crippen LogP contribution in [0.15, 0.2) is 36.4 Å². The number of aromatic amines is 1. The number of urea groups is 1. The number of hydrogen-bond donors (Lipinski definition) is 4. The summed E-state index contributed by atoms with van der Waals surface area (Å²) in [5.74, 6) is 0.773. The number of carbonyl (C=O) groups excluding carboxylic acids is 1. The summed E-state index contributed by atoms with van der Waals surface area (Å²) in [4.78, 5) is 16.7. The van der Waals surface area contributed by atoms with Gasteiger partial charge >= 0.3 is 6.03 Å². The Labute approximate surface area is 150 Å². The van der Waals surface area contributed by atoms with Crippen molar-refractivity contribution in [1.82, 2.24) is 20.5 Å². The molecule has 8 nitrogen and oxygen atoms in total. The number of hydrogen-bond acceptors (Lipinski definition) is 5. The fraction of sp³-hybridized carbons (Fsp3) is 0.278. The molecule has 1 aromatic carbocycles. The molecular formula is C18H21N5O3. The van der Waals surface area contributed by atoms with E-state index >= 15 is 0 Å². The van der Waals surface area contributed by atoms with E-state index in [9.17, 15) is 9.90 Å². The number of anilines is 1. The second-order valence-electron chi connectivity index (χ2n) is 5.81. The summed E-state index contributed by atoms with van der Waals surface area (Å²) in [5, 5.41) is 22.5. The zero-order valence-corrected chi connectivity index (χ0v) is 14.6. The maximum atomic E-state index is 12.3. The van der Waals surface area contributed by atoms with E-state index in [-0.39, 0.29) is 18.7 Å². The van der Waals surface area contributed by atoms with Gasteiger partial charge in [-0.15, -0.1) is 5.10 Å². The second kappa shape index (κ2) is 7.83. The number of aromatic nitrogens is 3. The van der Waals surface area contributed by atoms with Crippen LogP contribution in [0.2, 0.25) is 0 Å². The number of amides is 2. The van der Waals surface area contributed by atoms with Crippen LogP contribution in [-0.2, 0) is 6.42 Å². The highest BCUT2D eigenvalue weighted by Crippen LogP contribution is 2.27. The number of nitrogens with one attached hydrogen (secondary N) is 3. The third-order valence-corrected chi connectivity index (χ3v) is 4.02. The van der Waals surface area contributed by atoms with Gasteiger partial charge in [0, 0.05) is 19.1 Å². The van der Waals surface area contributed by atoms with Crippen LogP contribution in [-0.4, -0.2) is 40.0 Å². The Balaban J connectivity index is 1.78. The average Bonchev–Trinajstić information content (AvgIpc) is 3.06. The summed E-state index contributed by atoms with van der Waals surface area (Å²) >= 11 is 0. The summed E-state index contributed by atoms with van der Waals surface area (Å²) in [5.41, 5.74) is 2.28. The Hall–Kier alpha value is -3.13. The number of aliphatic hydroxyl groups is 1. The fourth-order valence-corrected chi connectivity index (χ4v) is 2.76. The molecule has 2 aromatic heterocycles. The van der Waals surface area contributed by atoms with Crippen molar-refractivity contribution in [1.29, 1.82) is 0 Å². The number of methoxy groups -OCH3 is 1. The third kappa shape index (κ3) is 3.75. The molecule has 0 spiro atoms. The molecule has 0 radical (unpaired) electrons. The van der Waals surface area contributed by atoms with Gasteiger partial charge in [-0.25, -0.2) is 9.78 Å². The monoisotopic (exact) mass is 355 g/mol. The van der Waals surface area contributed by atoms with Crippen LogP contribution in [0.25, 0.3) is 10.9 Å². The van der Waals surface area contributed by atoms with Crippen LogP contribution >= 0.6 is 0 Å². The summed E-state index contributed by atoms with van der Waals surface area (Å²) in [6, 6.07) is 10.8. The molecule has 4 N–H and O–H groups in total. The molecule has 3 rings (SSSR count). The predicted molar refractivity (Wildman–Crippen MR) is 98.2 cm³/mol. The first kappa shape index (κ1) is 17.7. The lowest BCUT2D eigenvalue weighted by Gasteiger charge is -2.15. The van der Waals surface area contributed by atoms with Gasteiger partial charge in [0.05, 0.1) is 29.7 Å². The Morgan fingerprint density at radius 1 is 1.35 bits per heavy atom. The van der Waals surface area contributed by atoms with Crippen LogP contribution < -0.4 is 15.4 Å². The number of aliphatic hydroxyl groups excluding tert-OH is 1. The van der Waals surface area contributed by atoms with Gasteiger partial charge in [0.2, 0.25) is 5.88 Å². The molecule has 1 atom stereocenters. The van der Waals surface area contributed by atoms with E-state index in [4.69, 9.17) is 4.74 Å². The SMILES string of the molecule is COc1n[nH]c2cc(NC(=O)N[C@H](C)c3ccccc3)nc(CCO)c12. The number of nitrogens with zero attached hydrogens (tertiary/aromatic N) is 2. The summed E-state index contributed by atoms with van der Waals surface area (Å²) in [6.07, 6.45) is 0.323. The molecule has 2 amide bonds. The lowest BCUT2D eigenvalue weighted by Crippen LogP contribution is -2.31. The highest BCUT2D eigenvalue weighted by Gasteiger charge is 2.16. The molecule has 0 aliphatic carbocycles. The molecule has 3 aromatic rings. The average molecular weight is 355 g/mol. The minimum absolute atomic E-state index is 0.0723. The number of benzene rings is 1. The standard InChI is InChI=1S/C18H21N5O3/c1-11(12-6-4-3-5-7-12)19-18(25)21-15-10-14-16(13(20-15)8-9-24)17(26-2)23-22-14/h3-7,10-11,24H,8-9H2,1-2H3,(H,22,23)(H2,19,20,21,25)/t11-/m1/s1. The molecule has 0 unspecified atom stereocenters. The molecule has 0 fully saturated rings. The predicted octanol–water partition coefficient (Wildman–Crippen LogP) is 2.38. The van der Waals surface area contributed by atoms with Crippen molar-refractivity contribution in [3.63, 3.8) is 0 Å². The Morgan fingerprint density at radius 3 is 2.81 bits per heavy atom. The molecule has 0 aliphatic heterocycles. The van der Waals surface area contributed by atoms with E-state index in [1.807, 2.05) is 37.3 Å². The van der Waals surface area contributed by atoms with Gasteiger partial charge in [0.15, 0.2) is 0 Å². The van der Waals surface area contributed by atoms with Crippen molar-refractivity contribution in [2.24, 2.45) is 0 Å². The Bertz CT molecular complexity index is 894. The first-order valence-corrected chi connectivity index (χ1v) is 8.27. The molecule has 26 heavy (non-hydrogen) atoms. The molecule has 0 saturated carbocycles. The molecule has 0 saturated heterocycles. The van der Waals surface area contributed by atoms with Crippen molar-refractivity contribution < 1.29 is 14.6 Å². The zero-order chi connectivity index (χ0) is 18.5. The highest BCUT2D eigenvalue weighted by molar-refractivity contribution is 5.93. The van der Waals surface area contributed by atoms with E-state index in [0.29, 0.717) is 34.7 Å². The third-order valence-electron chi connectivity index (χ3n) is 4.02. The highest BCUT2D eigenvalue weighted by atomic mass is 16.5. The lowest BCUT2D eigenvalue weighted by atomic mass is 10.1. The van der Waals surface area contributed by atoms with Gasteiger partial charge in [0.1, 0.15) is 5.82 Å². The van der Waals surface area contributed by atoms with Crippen LogP contribution in [0, 0.1) is 0 Å². The molecular weight excluding hydrogens is 334 g/mol. The summed E-state index contributed by atoms with van der Waals surface area (Å²) in [6.45, 7) is 1.83. The van der Waals surface area contributed by atoms with Crippen LogP contribution in [0.5, 0.6) is 5.88 Å². The van der Waals surface area contributed by atoms with Crippen LogP contribution in [0.1, 0.15) is 24.2 Å². The van der Waals surface area contributed by atoms with E-state index in [0.717, 1.165) is 5.56 Å². The smallest absolute Gasteiger partial charge is 0.320 e. The van der Waals surface area contributed by atoms with Crippen LogP contribution in [0.3, 0.4) is 0 Å². The number of fused-ring (bicyclic) bond motifs is 1. The van der Waals surface area contributed by atoms with Crippen molar-refractivity contribution in [3.8, 4) is 5.88 Å². The minimum Gasteiger partial charge on any atom is -0.479 e. The number of pyridine rings is 1. The van der Waals surface area contributed by atoms with Gasteiger partial charge in [-0.1, -0.05) is 30.3 Å². The normalized spacial score (nSPS) is 12.0. The van der Waals surface area contributed by atoms with Crippen LogP contribution in [0.4, 0.5) is 10.6 Å². The van der Waals surface area contributed by atoms with E-state index in [1.54, 1.807) is 6.07 Å². The Kier molecular flexibility index (Phi) is 5.33. The first-order valence-electron chi connectivity index (χ1n) is 8.27. The molecule has 8 heteroatoms. The van der Waals surface area contributed by atoms with Gasteiger partial charge in [-0.05, 0) is 12.5 Å². The topological polar surface area (TPSA) is 112 Å². The van der Waals surface area contributed by atoms with E-state index < -0.39 is 0 Å². The van der Waals surface area contributed by atoms with Gasteiger partial charge in [-0.2, -0.15) is 0 Å². The van der Waals surface area contributed by atoms with Crippen molar-refractivity contribution in [2.75, 3.05) is 19.0 Å². The van der Waals surface area contributed by atoms with Crippen molar-refractivity contribution >= 4 is 22.8 Å². The number of rotatable bonds is 6. The second-order valence-corrected chi connectivity index (χ2v) is 5.81. The minimum atomic E-state index is -0.366. The van der Waals surface area contributed by atoms with Crippen molar-refractivity contribution in [3.05, 3.63) is 47.7 Å². The summed E-state index contributed by atoms with van der Waals surface area (Å²) < 4.78 is 5.21. The van der Waals surface area contributed by atoms with Gasteiger partial charge < -0.3 is 15.2 Å². The Morgan fingerprint density at radius 2 is 2.12 bits per heavy atom. The van der Waals surface area contributed by atoms with Gasteiger partial charge in [0.25, 0.3) is 0 Å². The number of H-pyrrole nitrogens is 1. The number of ether oxygens (including phenoxy) is 1. The number of carbonyl (C=O) groups is 1.